The second-order valence-corrected chi connectivity index (χ2v) is 6.41. The topological polar surface area (TPSA) is 86.7 Å². The fourth-order valence-electron chi connectivity index (χ4n) is 1.98. The molecule has 6 nitrogen and oxygen atoms in total. The highest BCUT2D eigenvalue weighted by Gasteiger charge is 2.29. The molecule has 0 aliphatic rings. The molecule has 21 heavy (non-hydrogen) atoms. The summed E-state index contributed by atoms with van der Waals surface area (Å²) >= 11 is 0. The first-order valence-corrected chi connectivity index (χ1v) is 8.41. The summed E-state index contributed by atoms with van der Waals surface area (Å²) in [6.45, 7) is 4.49. The van der Waals surface area contributed by atoms with E-state index in [1.54, 1.807) is 30.3 Å². The Hall–Kier alpha value is -1.44. The Morgan fingerprint density at radius 1 is 1.19 bits per heavy atom. The van der Waals surface area contributed by atoms with Crippen molar-refractivity contribution >= 4 is 16.2 Å². The van der Waals surface area contributed by atoms with Crippen molar-refractivity contribution in [3.63, 3.8) is 0 Å². The standard InChI is InChI=1S/C14H22N2O4S/c1-3-10-16(11-4-2)21(19,20)15-13(14(17)18)12-8-6-5-7-9-12/h5-9,13,15H,3-4,10-11H2,1-2H3,(H,17,18)/t13-/m1/s1. The van der Waals surface area contributed by atoms with Crippen LogP contribution >= 0.6 is 0 Å². The van der Waals surface area contributed by atoms with Gasteiger partial charge in [0.25, 0.3) is 10.2 Å². The van der Waals surface area contributed by atoms with Gasteiger partial charge in [-0.15, -0.1) is 0 Å². The highest BCUT2D eigenvalue weighted by molar-refractivity contribution is 7.87. The van der Waals surface area contributed by atoms with Gasteiger partial charge in [0.05, 0.1) is 0 Å². The van der Waals surface area contributed by atoms with Gasteiger partial charge in [-0.2, -0.15) is 17.4 Å². The fraction of sp³-hybridized carbons (Fsp3) is 0.500. The van der Waals surface area contributed by atoms with E-state index in [-0.39, 0.29) is 0 Å². The average Bonchev–Trinajstić information content (AvgIpc) is 2.45. The number of hydrogen-bond acceptors (Lipinski definition) is 3. The second kappa shape index (κ2) is 8.11. The Labute approximate surface area is 126 Å². The molecule has 0 saturated heterocycles. The summed E-state index contributed by atoms with van der Waals surface area (Å²) in [6, 6.07) is 6.99. The molecule has 0 aromatic heterocycles. The number of benzene rings is 1. The van der Waals surface area contributed by atoms with E-state index >= 15 is 0 Å². The molecule has 0 fully saturated rings. The van der Waals surface area contributed by atoms with Crippen molar-refractivity contribution in [2.24, 2.45) is 0 Å². The Kier molecular flexibility index (Phi) is 6.80. The molecule has 0 amide bonds. The lowest BCUT2D eigenvalue weighted by Crippen LogP contribution is -2.45. The molecule has 0 saturated carbocycles. The highest BCUT2D eigenvalue weighted by atomic mass is 32.2. The van der Waals surface area contributed by atoms with Crippen LogP contribution in [-0.4, -0.2) is 36.9 Å². The Morgan fingerprint density at radius 3 is 2.14 bits per heavy atom. The minimum atomic E-state index is -3.84. The second-order valence-electron chi connectivity index (χ2n) is 4.70. The normalized spacial score (nSPS) is 13.3. The summed E-state index contributed by atoms with van der Waals surface area (Å²) in [7, 11) is -3.84. The maximum absolute atomic E-state index is 12.4. The molecule has 118 valence electrons. The lowest BCUT2D eigenvalue weighted by atomic mass is 10.1. The number of carbonyl (C=O) groups is 1. The molecule has 0 bridgehead atoms. The van der Waals surface area contributed by atoms with Gasteiger partial charge in [0.2, 0.25) is 0 Å². The van der Waals surface area contributed by atoms with Crippen molar-refractivity contribution in [2.75, 3.05) is 13.1 Å². The molecule has 0 unspecified atom stereocenters. The van der Waals surface area contributed by atoms with Gasteiger partial charge in [0, 0.05) is 13.1 Å². The third-order valence-electron chi connectivity index (χ3n) is 2.93. The first-order chi connectivity index (χ1) is 9.92. The predicted molar refractivity (Wildman–Crippen MR) is 81.0 cm³/mol. The minimum absolute atomic E-state index is 0.365. The van der Waals surface area contributed by atoms with Gasteiger partial charge in [-0.3, -0.25) is 4.79 Å². The van der Waals surface area contributed by atoms with Crippen molar-refractivity contribution in [1.82, 2.24) is 9.03 Å². The van der Waals surface area contributed by atoms with E-state index in [0.717, 1.165) is 0 Å². The monoisotopic (exact) mass is 314 g/mol. The SMILES string of the molecule is CCCN(CCC)S(=O)(=O)N[C@@H](C(=O)O)c1ccccc1. The van der Waals surface area contributed by atoms with Gasteiger partial charge < -0.3 is 5.11 Å². The summed E-state index contributed by atoms with van der Waals surface area (Å²) in [5.41, 5.74) is 0.404. The molecule has 0 spiro atoms. The summed E-state index contributed by atoms with van der Waals surface area (Å²) < 4.78 is 28.3. The Balaban J connectivity index is 2.99. The van der Waals surface area contributed by atoms with Gasteiger partial charge in [-0.1, -0.05) is 44.2 Å². The number of nitrogens with zero attached hydrogens (tertiary/aromatic N) is 1. The quantitative estimate of drug-likeness (QED) is 0.727. The van der Waals surface area contributed by atoms with Crippen molar-refractivity contribution < 1.29 is 18.3 Å². The van der Waals surface area contributed by atoms with Crippen LogP contribution in [-0.2, 0) is 15.0 Å². The molecule has 0 aliphatic heterocycles. The number of carboxylic acid groups (broad SMARTS) is 1. The van der Waals surface area contributed by atoms with Crippen LogP contribution in [0.3, 0.4) is 0 Å². The largest absolute Gasteiger partial charge is 0.480 e. The van der Waals surface area contributed by atoms with Crippen LogP contribution < -0.4 is 4.72 Å². The number of nitrogens with one attached hydrogen (secondary N) is 1. The molecular formula is C14H22N2O4S. The summed E-state index contributed by atoms with van der Waals surface area (Å²) in [5.74, 6) is -1.22. The van der Waals surface area contributed by atoms with Gasteiger partial charge in [0.15, 0.2) is 0 Å². The van der Waals surface area contributed by atoms with E-state index in [1.165, 1.54) is 4.31 Å². The molecule has 1 rings (SSSR count). The van der Waals surface area contributed by atoms with Crippen LogP contribution in [0, 0.1) is 0 Å². The van der Waals surface area contributed by atoms with Crippen LogP contribution in [0.2, 0.25) is 0 Å². The van der Waals surface area contributed by atoms with Crippen LogP contribution in [0.4, 0.5) is 0 Å². The van der Waals surface area contributed by atoms with Crippen molar-refractivity contribution in [3.05, 3.63) is 35.9 Å². The molecule has 1 aromatic rings. The first-order valence-electron chi connectivity index (χ1n) is 6.97. The van der Waals surface area contributed by atoms with Gasteiger partial charge in [-0.25, -0.2) is 0 Å². The molecule has 0 radical (unpaired) electrons. The third kappa shape index (κ3) is 5.11. The lowest BCUT2D eigenvalue weighted by molar-refractivity contribution is -0.139. The molecule has 0 heterocycles. The molecule has 2 N–H and O–H groups in total. The summed E-state index contributed by atoms with van der Waals surface area (Å²) in [5, 5.41) is 9.29. The van der Waals surface area contributed by atoms with Crippen molar-refractivity contribution in [2.45, 2.75) is 32.7 Å². The number of hydrogen-bond donors (Lipinski definition) is 2. The zero-order chi connectivity index (χ0) is 15.9. The van der Waals surface area contributed by atoms with Crippen molar-refractivity contribution in [3.8, 4) is 0 Å². The predicted octanol–water partition coefficient (Wildman–Crippen LogP) is 1.77. The highest BCUT2D eigenvalue weighted by Crippen LogP contribution is 2.15. The smallest absolute Gasteiger partial charge is 0.326 e. The Bertz CT molecular complexity index is 539. The number of rotatable bonds is 9. The molecule has 0 aliphatic carbocycles. The molecule has 1 atom stereocenters. The average molecular weight is 314 g/mol. The molecule has 7 heteroatoms. The van der Waals surface area contributed by atoms with Crippen LogP contribution in [0.25, 0.3) is 0 Å². The number of aliphatic carboxylic acids is 1. The zero-order valence-corrected chi connectivity index (χ0v) is 13.1. The van der Waals surface area contributed by atoms with Crippen molar-refractivity contribution in [1.29, 1.82) is 0 Å². The van der Waals surface area contributed by atoms with Crippen LogP contribution in [0.5, 0.6) is 0 Å². The minimum Gasteiger partial charge on any atom is -0.480 e. The maximum Gasteiger partial charge on any atom is 0.326 e. The van der Waals surface area contributed by atoms with E-state index in [9.17, 15) is 18.3 Å². The summed E-state index contributed by atoms with van der Waals surface area (Å²) in [6.07, 6.45) is 1.34. The summed E-state index contributed by atoms with van der Waals surface area (Å²) in [4.78, 5) is 11.4. The van der Waals surface area contributed by atoms with E-state index in [2.05, 4.69) is 4.72 Å². The van der Waals surface area contributed by atoms with Crippen LogP contribution in [0.15, 0.2) is 30.3 Å². The van der Waals surface area contributed by atoms with Crippen LogP contribution in [0.1, 0.15) is 38.3 Å². The zero-order valence-electron chi connectivity index (χ0n) is 12.3. The van der Waals surface area contributed by atoms with E-state index in [0.29, 0.717) is 31.5 Å². The van der Waals surface area contributed by atoms with E-state index in [1.807, 2.05) is 13.8 Å². The maximum atomic E-state index is 12.4. The molecular weight excluding hydrogens is 292 g/mol. The van der Waals surface area contributed by atoms with Gasteiger partial charge in [0.1, 0.15) is 6.04 Å². The number of carboxylic acids is 1. The van der Waals surface area contributed by atoms with E-state index < -0.39 is 22.2 Å². The lowest BCUT2D eigenvalue weighted by Gasteiger charge is -2.24. The van der Waals surface area contributed by atoms with Gasteiger partial charge in [-0.05, 0) is 18.4 Å². The Morgan fingerprint density at radius 2 is 1.71 bits per heavy atom. The van der Waals surface area contributed by atoms with Gasteiger partial charge >= 0.3 is 5.97 Å². The fourth-order valence-corrected chi connectivity index (χ4v) is 3.51. The van der Waals surface area contributed by atoms with E-state index in [4.69, 9.17) is 0 Å². The third-order valence-corrected chi connectivity index (χ3v) is 4.51. The first kappa shape index (κ1) is 17.6. The molecule has 1 aromatic carbocycles.